The normalized spacial score (nSPS) is 11.9. The van der Waals surface area contributed by atoms with Crippen molar-refractivity contribution in [2.75, 3.05) is 5.32 Å². The van der Waals surface area contributed by atoms with Crippen LogP contribution in [0.2, 0.25) is 5.02 Å². The average molecular weight is 411 g/mol. The minimum Gasteiger partial charge on any atom is -0.449 e. The second-order valence-electron chi connectivity index (χ2n) is 5.87. The molecule has 1 atom stereocenters. The third-order valence-electron chi connectivity index (χ3n) is 3.85. The summed E-state index contributed by atoms with van der Waals surface area (Å²) >= 11 is 7.80. The Balaban J connectivity index is 1.61. The highest BCUT2D eigenvalue weighted by atomic mass is 35.5. The molecule has 1 heterocycles. The van der Waals surface area contributed by atoms with Crippen molar-refractivity contribution in [1.82, 2.24) is 0 Å². The fraction of sp³-hybridized carbons (Fsp3) is 0.0952. The number of nitrogens with one attached hydrogen (secondary N) is 1. The molecule has 3 rings (SSSR count). The number of esters is 1. The third kappa shape index (κ3) is 4.58. The smallest absolute Gasteiger partial charge is 0.331 e. The van der Waals surface area contributed by atoms with Gasteiger partial charge in [0.15, 0.2) is 6.10 Å². The molecule has 3 aromatic rings. The maximum Gasteiger partial charge on any atom is 0.331 e. The van der Waals surface area contributed by atoms with E-state index in [-0.39, 0.29) is 0 Å². The first-order chi connectivity index (χ1) is 13.5. The molecule has 1 amide bonds. The van der Waals surface area contributed by atoms with E-state index in [1.54, 1.807) is 24.3 Å². The standard InChI is InChI=1S/C21H15ClN2O3S/c1-13(21(26)24-15-6-4-5-14(11-15)12-23)27-19(25)10-9-18-20(22)16-7-2-3-8-17(16)28-18/h2-11,13H,1H3,(H,24,26)/b10-9+/t13-/m0/s1. The lowest BCUT2D eigenvalue weighted by Gasteiger charge is -2.12. The molecule has 0 radical (unpaired) electrons. The number of thiophene rings is 1. The number of halogens is 1. The van der Waals surface area contributed by atoms with Crippen LogP contribution < -0.4 is 5.32 Å². The van der Waals surface area contributed by atoms with Crippen LogP contribution in [0.4, 0.5) is 5.69 Å². The Morgan fingerprint density at radius 3 is 2.79 bits per heavy atom. The first kappa shape index (κ1) is 19.6. The summed E-state index contributed by atoms with van der Waals surface area (Å²) in [7, 11) is 0. The molecular weight excluding hydrogens is 396 g/mol. The number of ether oxygens (including phenoxy) is 1. The summed E-state index contributed by atoms with van der Waals surface area (Å²) in [6.07, 6.45) is 1.83. The van der Waals surface area contributed by atoms with Gasteiger partial charge in [-0.05, 0) is 37.3 Å². The lowest BCUT2D eigenvalue weighted by Crippen LogP contribution is -2.29. The largest absolute Gasteiger partial charge is 0.449 e. The first-order valence-electron chi connectivity index (χ1n) is 8.34. The van der Waals surface area contributed by atoms with Gasteiger partial charge in [-0.25, -0.2) is 4.79 Å². The molecule has 0 aliphatic carbocycles. The van der Waals surface area contributed by atoms with Gasteiger partial charge >= 0.3 is 5.97 Å². The van der Waals surface area contributed by atoms with E-state index in [9.17, 15) is 9.59 Å². The quantitative estimate of drug-likeness (QED) is 0.473. The van der Waals surface area contributed by atoms with Gasteiger partial charge in [0, 0.05) is 26.7 Å². The van der Waals surface area contributed by atoms with Crippen LogP contribution in [0.15, 0.2) is 54.6 Å². The number of rotatable bonds is 5. The number of hydrogen-bond acceptors (Lipinski definition) is 5. The van der Waals surface area contributed by atoms with E-state index in [4.69, 9.17) is 21.6 Å². The van der Waals surface area contributed by atoms with Gasteiger partial charge in [0.2, 0.25) is 0 Å². The van der Waals surface area contributed by atoms with Crippen LogP contribution in [-0.4, -0.2) is 18.0 Å². The summed E-state index contributed by atoms with van der Waals surface area (Å²) in [6, 6.07) is 16.1. The molecule has 1 N–H and O–H groups in total. The maximum atomic E-state index is 12.2. The molecule has 0 unspecified atom stereocenters. The summed E-state index contributed by atoms with van der Waals surface area (Å²) in [5.41, 5.74) is 0.880. The molecular formula is C21H15ClN2O3S. The van der Waals surface area contributed by atoms with Crippen molar-refractivity contribution in [1.29, 1.82) is 5.26 Å². The molecule has 7 heteroatoms. The predicted octanol–water partition coefficient (Wildman–Crippen LogP) is 5.01. The molecule has 5 nitrogen and oxygen atoms in total. The van der Waals surface area contributed by atoms with Gasteiger partial charge in [-0.15, -0.1) is 11.3 Å². The topological polar surface area (TPSA) is 79.2 Å². The van der Waals surface area contributed by atoms with Crippen LogP contribution in [0.25, 0.3) is 16.2 Å². The van der Waals surface area contributed by atoms with Crippen LogP contribution in [0.3, 0.4) is 0 Å². The average Bonchev–Trinajstić information content (AvgIpc) is 3.02. The second-order valence-corrected chi connectivity index (χ2v) is 7.33. The SMILES string of the molecule is C[C@H](OC(=O)/C=C/c1sc2ccccc2c1Cl)C(=O)Nc1cccc(C#N)c1. The highest BCUT2D eigenvalue weighted by Crippen LogP contribution is 2.35. The van der Waals surface area contributed by atoms with Crippen molar-refractivity contribution < 1.29 is 14.3 Å². The summed E-state index contributed by atoms with van der Waals surface area (Å²) in [5.74, 6) is -1.14. The number of anilines is 1. The Bertz CT molecular complexity index is 1110. The van der Waals surface area contributed by atoms with E-state index in [1.807, 2.05) is 30.3 Å². The lowest BCUT2D eigenvalue weighted by atomic mass is 10.2. The number of carbonyl (C=O) groups excluding carboxylic acids is 2. The number of nitrogens with zero attached hydrogens (tertiary/aromatic N) is 1. The second kappa shape index (κ2) is 8.70. The number of fused-ring (bicyclic) bond motifs is 1. The highest BCUT2D eigenvalue weighted by Gasteiger charge is 2.17. The fourth-order valence-electron chi connectivity index (χ4n) is 2.46. The minimum atomic E-state index is -0.999. The Labute approximate surface area is 170 Å². The molecule has 0 spiro atoms. The summed E-state index contributed by atoms with van der Waals surface area (Å²) in [4.78, 5) is 25.0. The molecule has 0 fully saturated rings. The van der Waals surface area contributed by atoms with Crippen LogP contribution in [0.5, 0.6) is 0 Å². The van der Waals surface area contributed by atoms with Crippen molar-refractivity contribution in [2.24, 2.45) is 0 Å². The molecule has 28 heavy (non-hydrogen) atoms. The zero-order valence-corrected chi connectivity index (χ0v) is 16.4. The van der Waals surface area contributed by atoms with E-state index >= 15 is 0 Å². The van der Waals surface area contributed by atoms with Crippen LogP contribution >= 0.6 is 22.9 Å². The molecule has 140 valence electrons. The van der Waals surface area contributed by atoms with Gasteiger partial charge in [0.05, 0.1) is 16.7 Å². The molecule has 0 aliphatic rings. The lowest BCUT2D eigenvalue weighted by molar-refractivity contribution is -0.148. The summed E-state index contributed by atoms with van der Waals surface area (Å²) in [6.45, 7) is 1.47. The van der Waals surface area contributed by atoms with E-state index in [0.29, 0.717) is 16.3 Å². The predicted molar refractivity (Wildman–Crippen MR) is 111 cm³/mol. The fourth-order valence-corrected chi connectivity index (χ4v) is 3.86. The van der Waals surface area contributed by atoms with Gasteiger partial charge in [-0.2, -0.15) is 5.26 Å². The minimum absolute atomic E-state index is 0.422. The van der Waals surface area contributed by atoms with Crippen LogP contribution in [-0.2, 0) is 14.3 Å². The zero-order valence-electron chi connectivity index (χ0n) is 14.8. The number of carbonyl (C=O) groups is 2. The van der Waals surface area contributed by atoms with E-state index in [1.165, 1.54) is 30.4 Å². The molecule has 1 aromatic heterocycles. The van der Waals surface area contributed by atoms with E-state index in [2.05, 4.69) is 5.32 Å². The molecule has 0 bridgehead atoms. The van der Waals surface area contributed by atoms with Crippen LogP contribution in [0, 0.1) is 11.3 Å². The van der Waals surface area contributed by atoms with Crippen molar-refractivity contribution in [3.63, 3.8) is 0 Å². The van der Waals surface area contributed by atoms with Crippen molar-refractivity contribution in [2.45, 2.75) is 13.0 Å². The third-order valence-corrected chi connectivity index (χ3v) is 5.51. The number of benzene rings is 2. The maximum absolute atomic E-state index is 12.2. The molecule has 0 saturated carbocycles. The van der Waals surface area contributed by atoms with Crippen molar-refractivity contribution >= 4 is 56.7 Å². The van der Waals surface area contributed by atoms with Crippen molar-refractivity contribution in [3.05, 3.63) is 70.1 Å². The number of nitriles is 1. The van der Waals surface area contributed by atoms with E-state index < -0.39 is 18.0 Å². The van der Waals surface area contributed by atoms with Gasteiger partial charge in [0.1, 0.15) is 0 Å². The Hall–Kier alpha value is -3.14. The number of hydrogen-bond donors (Lipinski definition) is 1. The zero-order chi connectivity index (χ0) is 20.1. The van der Waals surface area contributed by atoms with Gasteiger partial charge in [-0.3, -0.25) is 4.79 Å². The summed E-state index contributed by atoms with van der Waals surface area (Å²) < 4.78 is 6.16. The number of amides is 1. The Morgan fingerprint density at radius 1 is 1.25 bits per heavy atom. The van der Waals surface area contributed by atoms with Gasteiger partial charge in [0.25, 0.3) is 5.91 Å². The summed E-state index contributed by atoms with van der Waals surface area (Å²) in [5, 5.41) is 13.0. The highest BCUT2D eigenvalue weighted by molar-refractivity contribution is 7.20. The molecule has 0 aliphatic heterocycles. The molecule has 2 aromatic carbocycles. The first-order valence-corrected chi connectivity index (χ1v) is 9.54. The van der Waals surface area contributed by atoms with Gasteiger partial charge < -0.3 is 10.1 Å². The Morgan fingerprint density at radius 2 is 2.04 bits per heavy atom. The van der Waals surface area contributed by atoms with Crippen LogP contribution in [0.1, 0.15) is 17.4 Å². The monoisotopic (exact) mass is 410 g/mol. The Kier molecular flexibility index (Phi) is 6.09. The van der Waals surface area contributed by atoms with Gasteiger partial charge in [-0.1, -0.05) is 35.9 Å². The molecule has 0 saturated heterocycles. The van der Waals surface area contributed by atoms with Crippen molar-refractivity contribution in [3.8, 4) is 6.07 Å². The van der Waals surface area contributed by atoms with E-state index in [0.717, 1.165) is 15.0 Å².